The lowest BCUT2D eigenvalue weighted by molar-refractivity contribution is -0.155. The molecule has 0 amide bonds. The van der Waals surface area contributed by atoms with Gasteiger partial charge >= 0.3 is 0 Å². The number of aryl methyl sites for hydroxylation is 1. The first-order chi connectivity index (χ1) is 13.5. The Morgan fingerprint density at radius 3 is 2.75 bits per heavy atom. The first-order valence-electron chi connectivity index (χ1n) is 9.72. The zero-order chi connectivity index (χ0) is 20.0. The summed E-state index contributed by atoms with van der Waals surface area (Å²) in [7, 11) is -3.76. The summed E-state index contributed by atoms with van der Waals surface area (Å²) in [6.07, 6.45) is 8.84. The number of sulfonamides is 1. The number of ether oxygens (including phenoxy) is 2. The molecule has 1 aromatic rings. The average molecular weight is 406 g/mol. The van der Waals surface area contributed by atoms with Gasteiger partial charge in [0.1, 0.15) is 0 Å². The molecule has 0 radical (unpaired) electrons. The van der Waals surface area contributed by atoms with E-state index >= 15 is 0 Å². The molecule has 1 fully saturated rings. The molecule has 0 aromatic heterocycles. The van der Waals surface area contributed by atoms with Crippen molar-refractivity contribution < 1.29 is 22.7 Å². The Morgan fingerprint density at radius 1 is 1.25 bits per heavy atom. The summed E-state index contributed by atoms with van der Waals surface area (Å²) >= 11 is 0. The zero-order valence-corrected chi connectivity index (χ0v) is 17.0. The quantitative estimate of drug-likeness (QED) is 0.651. The number of nitrogens with zero attached hydrogens (tertiary/aromatic N) is 1. The largest absolute Gasteiger partial charge is 0.353 e. The van der Waals surface area contributed by atoms with Gasteiger partial charge in [-0.1, -0.05) is 29.8 Å². The molecule has 2 aliphatic rings. The topological polar surface area (TPSA) is 72.9 Å². The highest BCUT2D eigenvalue weighted by molar-refractivity contribution is 7.89. The van der Waals surface area contributed by atoms with Crippen LogP contribution in [0.5, 0.6) is 0 Å². The second kappa shape index (κ2) is 9.49. The minimum atomic E-state index is -3.76. The second-order valence-electron chi connectivity index (χ2n) is 7.02. The third-order valence-electron chi connectivity index (χ3n) is 4.82. The van der Waals surface area contributed by atoms with Gasteiger partial charge in [0.25, 0.3) is 10.0 Å². The van der Waals surface area contributed by atoms with Crippen LogP contribution in [0.3, 0.4) is 0 Å². The molecule has 1 saturated heterocycles. The number of ketones is 1. The highest BCUT2D eigenvalue weighted by Gasteiger charge is 2.30. The Hall–Kier alpha value is -1.96. The summed E-state index contributed by atoms with van der Waals surface area (Å²) in [5.41, 5.74) is 1.19. The van der Waals surface area contributed by atoms with Crippen LogP contribution in [0.1, 0.15) is 37.7 Å². The molecule has 2 heterocycles. The third kappa shape index (κ3) is 5.10. The Bertz CT molecular complexity index is 836. The van der Waals surface area contributed by atoms with Gasteiger partial charge in [0, 0.05) is 13.2 Å². The van der Waals surface area contributed by atoms with Crippen molar-refractivity contribution >= 4 is 15.8 Å². The van der Waals surface area contributed by atoms with E-state index < -0.39 is 10.0 Å². The molecule has 2 aliphatic heterocycles. The number of hydrogen-bond donors (Lipinski definition) is 0. The molecule has 0 bridgehead atoms. The minimum absolute atomic E-state index is 0.195. The smallest absolute Gasteiger partial charge is 0.264 e. The molecular formula is C21H27NO5S. The highest BCUT2D eigenvalue weighted by Crippen LogP contribution is 2.25. The van der Waals surface area contributed by atoms with Gasteiger partial charge in [0.05, 0.1) is 17.2 Å². The van der Waals surface area contributed by atoms with Crippen LogP contribution in [0.15, 0.2) is 53.1 Å². The molecule has 0 saturated carbocycles. The molecule has 6 nitrogen and oxygen atoms in total. The molecular weight excluding hydrogens is 378 g/mol. The number of hydrogen-bond acceptors (Lipinski definition) is 5. The first-order valence-corrected chi connectivity index (χ1v) is 11.2. The van der Waals surface area contributed by atoms with Crippen molar-refractivity contribution in [2.75, 3.05) is 19.8 Å². The van der Waals surface area contributed by atoms with E-state index in [0.717, 1.165) is 24.8 Å². The molecule has 1 aromatic carbocycles. The lowest BCUT2D eigenvalue weighted by Crippen LogP contribution is -2.36. The summed E-state index contributed by atoms with van der Waals surface area (Å²) in [5.74, 6) is -0.330. The van der Waals surface area contributed by atoms with E-state index in [2.05, 4.69) is 0 Å². The predicted octanol–water partition coefficient (Wildman–Crippen LogP) is 3.33. The van der Waals surface area contributed by atoms with Crippen molar-refractivity contribution in [2.45, 2.75) is 50.2 Å². The second-order valence-corrected chi connectivity index (χ2v) is 8.88. The lowest BCUT2D eigenvalue weighted by Gasteiger charge is -2.28. The van der Waals surface area contributed by atoms with Gasteiger partial charge in [0.2, 0.25) is 5.78 Å². The Labute approximate surface area is 166 Å². The summed E-state index contributed by atoms with van der Waals surface area (Å²) in [6.45, 7) is 3.16. The van der Waals surface area contributed by atoms with Crippen molar-refractivity contribution in [1.82, 2.24) is 4.31 Å². The van der Waals surface area contributed by atoms with Crippen LogP contribution in [-0.4, -0.2) is 44.6 Å². The van der Waals surface area contributed by atoms with Crippen LogP contribution in [0.25, 0.3) is 0 Å². The third-order valence-corrected chi connectivity index (χ3v) is 6.65. The van der Waals surface area contributed by atoms with E-state index in [9.17, 15) is 13.2 Å². The van der Waals surface area contributed by atoms with Gasteiger partial charge in [-0.05, 0) is 57.2 Å². The fraction of sp³-hybridized carbons (Fsp3) is 0.476. The zero-order valence-electron chi connectivity index (χ0n) is 16.2. The SMILES string of the molecule is Cc1ccc(S(=O)(=O)N2CCCC=C2C(=O)/C=C/COC2CCCCO2)cc1. The molecule has 1 unspecified atom stereocenters. The summed E-state index contributed by atoms with van der Waals surface area (Å²) in [5, 5.41) is 0. The van der Waals surface area contributed by atoms with Crippen LogP contribution >= 0.6 is 0 Å². The molecule has 152 valence electrons. The first kappa shape index (κ1) is 20.8. The molecule has 0 aliphatic carbocycles. The maximum Gasteiger partial charge on any atom is 0.264 e. The number of allylic oxidation sites excluding steroid dienone is 2. The van der Waals surface area contributed by atoms with Gasteiger partial charge in [-0.3, -0.25) is 9.10 Å². The summed E-state index contributed by atoms with van der Waals surface area (Å²) < 4.78 is 38.3. The van der Waals surface area contributed by atoms with E-state index in [4.69, 9.17) is 9.47 Å². The van der Waals surface area contributed by atoms with E-state index in [0.29, 0.717) is 26.0 Å². The van der Waals surface area contributed by atoms with Crippen molar-refractivity contribution in [1.29, 1.82) is 0 Å². The van der Waals surface area contributed by atoms with Crippen LogP contribution in [0, 0.1) is 6.92 Å². The maximum absolute atomic E-state index is 13.0. The number of benzene rings is 1. The lowest BCUT2D eigenvalue weighted by atomic mass is 10.1. The van der Waals surface area contributed by atoms with E-state index in [1.165, 1.54) is 10.4 Å². The van der Waals surface area contributed by atoms with E-state index in [-0.39, 0.29) is 29.3 Å². The fourth-order valence-electron chi connectivity index (χ4n) is 3.25. The summed E-state index contributed by atoms with van der Waals surface area (Å²) in [4.78, 5) is 12.8. The van der Waals surface area contributed by atoms with E-state index in [1.807, 2.05) is 6.92 Å². The fourth-order valence-corrected chi connectivity index (χ4v) is 4.78. The van der Waals surface area contributed by atoms with Gasteiger partial charge in [-0.25, -0.2) is 8.42 Å². The van der Waals surface area contributed by atoms with Crippen LogP contribution in [0.2, 0.25) is 0 Å². The van der Waals surface area contributed by atoms with Gasteiger partial charge < -0.3 is 9.47 Å². The van der Waals surface area contributed by atoms with Crippen LogP contribution in [-0.2, 0) is 24.3 Å². The van der Waals surface area contributed by atoms with Crippen molar-refractivity contribution in [2.24, 2.45) is 0 Å². The molecule has 1 atom stereocenters. The number of rotatable bonds is 7. The molecule has 0 N–H and O–H groups in total. The molecule has 28 heavy (non-hydrogen) atoms. The number of carbonyl (C=O) groups is 1. The predicted molar refractivity (Wildman–Crippen MR) is 106 cm³/mol. The molecule has 3 rings (SSSR count). The van der Waals surface area contributed by atoms with Gasteiger partial charge in [-0.2, -0.15) is 0 Å². The van der Waals surface area contributed by atoms with Crippen LogP contribution in [0.4, 0.5) is 0 Å². The van der Waals surface area contributed by atoms with Crippen LogP contribution < -0.4 is 0 Å². The molecule has 7 heteroatoms. The Kier molecular flexibility index (Phi) is 7.04. The van der Waals surface area contributed by atoms with Crippen molar-refractivity contribution in [3.63, 3.8) is 0 Å². The summed E-state index contributed by atoms with van der Waals surface area (Å²) in [6, 6.07) is 6.67. The monoisotopic (exact) mass is 405 g/mol. The number of carbonyl (C=O) groups excluding carboxylic acids is 1. The van der Waals surface area contributed by atoms with Gasteiger partial charge in [0.15, 0.2) is 6.29 Å². The Balaban J connectivity index is 1.66. The van der Waals surface area contributed by atoms with Gasteiger partial charge in [-0.15, -0.1) is 0 Å². The Morgan fingerprint density at radius 2 is 2.04 bits per heavy atom. The standard InChI is InChI=1S/C21H27NO5S/c1-17-10-12-18(13-11-17)28(24,25)22-14-4-2-7-19(22)20(23)8-6-16-27-21-9-3-5-15-26-21/h6-8,10-13,21H,2-5,9,14-16H2,1H3/b8-6+. The highest BCUT2D eigenvalue weighted by atomic mass is 32.2. The minimum Gasteiger partial charge on any atom is -0.353 e. The normalized spacial score (nSPS) is 21.0. The average Bonchev–Trinajstić information content (AvgIpc) is 2.72. The van der Waals surface area contributed by atoms with Crippen molar-refractivity contribution in [3.05, 3.63) is 53.8 Å². The van der Waals surface area contributed by atoms with Crippen molar-refractivity contribution in [3.8, 4) is 0 Å². The molecule has 0 spiro atoms. The van der Waals surface area contributed by atoms with E-state index in [1.54, 1.807) is 36.4 Å². The maximum atomic E-state index is 13.0.